The fourth-order valence-electron chi connectivity index (χ4n) is 3.85. The van der Waals surface area contributed by atoms with Gasteiger partial charge in [-0.2, -0.15) is 0 Å². The Morgan fingerprint density at radius 3 is 2.62 bits per heavy atom. The first kappa shape index (κ1) is 24.2. The molecule has 37 heavy (non-hydrogen) atoms. The van der Waals surface area contributed by atoms with E-state index in [-0.39, 0.29) is 11.0 Å². The molecule has 0 fully saturated rings. The van der Waals surface area contributed by atoms with Gasteiger partial charge in [-0.1, -0.05) is 48.5 Å². The van der Waals surface area contributed by atoms with E-state index in [1.54, 1.807) is 18.2 Å². The van der Waals surface area contributed by atoms with Crippen molar-refractivity contribution in [2.24, 2.45) is 0 Å². The highest BCUT2D eigenvalue weighted by atomic mass is 32.1. The number of carbonyl (C=O) groups excluding carboxylic acids is 1. The van der Waals surface area contributed by atoms with Gasteiger partial charge in [0.05, 0.1) is 0 Å². The van der Waals surface area contributed by atoms with Crippen LogP contribution in [0.15, 0.2) is 95.4 Å². The number of nitrogens with zero attached hydrogens (tertiary/aromatic N) is 1. The molecule has 0 radical (unpaired) electrons. The molecular formula is C30H25N3O3S. The number of amides is 1. The number of oxazole rings is 1. The third kappa shape index (κ3) is 5.85. The monoisotopic (exact) mass is 507 g/mol. The van der Waals surface area contributed by atoms with E-state index in [0.29, 0.717) is 23.8 Å². The lowest BCUT2D eigenvalue weighted by molar-refractivity contribution is 0.0977. The van der Waals surface area contributed by atoms with Gasteiger partial charge in [0.2, 0.25) is 5.89 Å². The molecule has 5 aromatic rings. The second kappa shape index (κ2) is 10.6. The number of aromatic nitrogens is 1. The maximum Gasteiger partial charge on any atom is 0.257 e. The van der Waals surface area contributed by atoms with Gasteiger partial charge in [-0.15, -0.1) is 0 Å². The third-order valence-corrected chi connectivity index (χ3v) is 6.05. The SMILES string of the molecule is Cc1ccc2oc(-c3ccc(C)c(NC(=S)NC(=O)c4cccc(OCc5ccccc5)c4)c3)nc2c1. The average Bonchev–Trinajstić information content (AvgIpc) is 3.33. The number of hydrogen-bond acceptors (Lipinski definition) is 5. The molecule has 6 nitrogen and oxygen atoms in total. The van der Waals surface area contributed by atoms with Crippen molar-refractivity contribution in [2.45, 2.75) is 20.5 Å². The van der Waals surface area contributed by atoms with Crippen LogP contribution >= 0.6 is 12.2 Å². The van der Waals surface area contributed by atoms with Crippen LogP contribution in [-0.4, -0.2) is 16.0 Å². The van der Waals surface area contributed by atoms with Crippen LogP contribution in [0.1, 0.15) is 27.0 Å². The molecule has 5 rings (SSSR count). The van der Waals surface area contributed by atoms with Gasteiger partial charge in [0.25, 0.3) is 5.91 Å². The summed E-state index contributed by atoms with van der Waals surface area (Å²) in [6, 6.07) is 28.6. The van der Waals surface area contributed by atoms with Crippen molar-refractivity contribution in [3.05, 3.63) is 113 Å². The first-order valence-electron chi connectivity index (χ1n) is 11.8. The minimum absolute atomic E-state index is 0.189. The Morgan fingerprint density at radius 2 is 1.78 bits per heavy atom. The lowest BCUT2D eigenvalue weighted by Crippen LogP contribution is -2.34. The predicted octanol–water partition coefficient (Wildman–Crippen LogP) is 6.82. The number of hydrogen-bond donors (Lipinski definition) is 2. The number of thiocarbonyl (C=S) groups is 1. The van der Waals surface area contributed by atoms with E-state index in [2.05, 4.69) is 15.6 Å². The van der Waals surface area contributed by atoms with Crippen molar-refractivity contribution in [1.29, 1.82) is 0 Å². The zero-order valence-corrected chi connectivity index (χ0v) is 21.3. The topological polar surface area (TPSA) is 76.4 Å². The predicted molar refractivity (Wildman–Crippen MR) is 150 cm³/mol. The summed E-state index contributed by atoms with van der Waals surface area (Å²) in [5.41, 5.74) is 6.67. The highest BCUT2D eigenvalue weighted by Crippen LogP contribution is 2.28. The second-order valence-electron chi connectivity index (χ2n) is 8.73. The molecule has 1 amide bonds. The fraction of sp³-hybridized carbons (Fsp3) is 0.100. The van der Waals surface area contributed by atoms with Crippen LogP contribution in [0, 0.1) is 13.8 Å². The molecule has 0 unspecified atom stereocenters. The molecule has 184 valence electrons. The van der Waals surface area contributed by atoms with Gasteiger partial charge in [-0.3, -0.25) is 10.1 Å². The van der Waals surface area contributed by atoms with E-state index in [4.69, 9.17) is 21.4 Å². The van der Waals surface area contributed by atoms with Gasteiger partial charge < -0.3 is 14.5 Å². The molecule has 0 aliphatic rings. The Hall–Kier alpha value is -4.49. The number of nitrogens with one attached hydrogen (secondary N) is 2. The number of aryl methyl sites for hydroxylation is 2. The van der Waals surface area contributed by atoms with E-state index >= 15 is 0 Å². The van der Waals surface area contributed by atoms with Gasteiger partial charge >= 0.3 is 0 Å². The van der Waals surface area contributed by atoms with Gasteiger partial charge in [-0.25, -0.2) is 4.98 Å². The first-order chi connectivity index (χ1) is 17.9. The lowest BCUT2D eigenvalue weighted by atomic mass is 10.1. The molecule has 4 aromatic carbocycles. The molecule has 1 aromatic heterocycles. The summed E-state index contributed by atoms with van der Waals surface area (Å²) in [5, 5.41) is 6.06. The zero-order valence-electron chi connectivity index (χ0n) is 20.4. The van der Waals surface area contributed by atoms with Crippen molar-refractivity contribution in [2.75, 3.05) is 5.32 Å². The molecule has 0 aliphatic carbocycles. The van der Waals surface area contributed by atoms with Gasteiger partial charge in [0.1, 0.15) is 17.9 Å². The maximum atomic E-state index is 12.9. The van der Waals surface area contributed by atoms with Gasteiger partial charge in [-0.05, 0) is 85.2 Å². The Morgan fingerprint density at radius 1 is 0.946 bits per heavy atom. The van der Waals surface area contributed by atoms with Crippen molar-refractivity contribution in [1.82, 2.24) is 10.3 Å². The molecule has 7 heteroatoms. The normalized spacial score (nSPS) is 10.8. The Kier molecular flexibility index (Phi) is 6.96. The van der Waals surface area contributed by atoms with Crippen molar-refractivity contribution < 1.29 is 13.9 Å². The quantitative estimate of drug-likeness (QED) is 0.246. The van der Waals surface area contributed by atoms with Crippen molar-refractivity contribution in [3.8, 4) is 17.2 Å². The molecule has 0 aliphatic heterocycles. The number of anilines is 1. The number of fused-ring (bicyclic) bond motifs is 1. The Balaban J connectivity index is 1.25. The van der Waals surface area contributed by atoms with Crippen LogP contribution in [0.25, 0.3) is 22.6 Å². The highest BCUT2D eigenvalue weighted by Gasteiger charge is 2.13. The summed E-state index contributed by atoms with van der Waals surface area (Å²) in [6.07, 6.45) is 0. The van der Waals surface area contributed by atoms with E-state index in [1.165, 1.54) is 0 Å². The number of benzene rings is 4. The lowest BCUT2D eigenvalue weighted by Gasteiger charge is -2.13. The molecule has 0 saturated carbocycles. The third-order valence-electron chi connectivity index (χ3n) is 5.85. The summed E-state index contributed by atoms with van der Waals surface area (Å²) < 4.78 is 11.8. The van der Waals surface area contributed by atoms with Crippen LogP contribution in [-0.2, 0) is 6.61 Å². The minimum atomic E-state index is -0.328. The molecule has 0 saturated heterocycles. The standard InChI is InChI=1S/C30H25N3O3S/c1-19-11-14-27-26(15-19)31-29(36-27)23-13-12-20(2)25(17-23)32-30(37)33-28(34)22-9-6-10-24(16-22)35-18-21-7-4-3-5-8-21/h3-17H,18H2,1-2H3,(H2,32,33,34,37). The Labute approximate surface area is 220 Å². The fourth-order valence-corrected chi connectivity index (χ4v) is 4.05. The van der Waals surface area contributed by atoms with E-state index < -0.39 is 0 Å². The maximum absolute atomic E-state index is 12.9. The summed E-state index contributed by atoms with van der Waals surface area (Å²) in [7, 11) is 0. The first-order valence-corrected chi connectivity index (χ1v) is 12.2. The van der Waals surface area contributed by atoms with E-state index in [0.717, 1.165) is 39.0 Å². The highest BCUT2D eigenvalue weighted by molar-refractivity contribution is 7.80. The van der Waals surface area contributed by atoms with Crippen molar-refractivity contribution in [3.63, 3.8) is 0 Å². The molecule has 1 heterocycles. The van der Waals surface area contributed by atoms with E-state index in [9.17, 15) is 4.79 Å². The molecule has 0 spiro atoms. The summed E-state index contributed by atoms with van der Waals surface area (Å²) in [5.74, 6) is 0.796. The minimum Gasteiger partial charge on any atom is -0.489 e. The van der Waals surface area contributed by atoms with Crippen LogP contribution in [0.4, 0.5) is 5.69 Å². The van der Waals surface area contributed by atoms with Crippen molar-refractivity contribution >= 4 is 40.0 Å². The molecular weight excluding hydrogens is 482 g/mol. The summed E-state index contributed by atoms with van der Waals surface area (Å²) >= 11 is 5.43. The summed E-state index contributed by atoms with van der Waals surface area (Å²) in [6.45, 7) is 4.39. The smallest absolute Gasteiger partial charge is 0.257 e. The largest absolute Gasteiger partial charge is 0.489 e. The molecule has 0 bridgehead atoms. The summed E-state index contributed by atoms with van der Waals surface area (Å²) in [4.78, 5) is 17.5. The van der Waals surface area contributed by atoms with Crippen LogP contribution in [0.5, 0.6) is 5.75 Å². The van der Waals surface area contributed by atoms with Gasteiger partial charge in [0.15, 0.2) is 10.7 Å². The molecule has 0 atom stereocenters. The van der Waals surface area contributed by atoms with E-state index in [1.807, 2.05) is 86.6 Å². The average molecular weight is 508 g/mol. The van der Waals surface area contributed by atoms with Gasteiger partial charge in [0, 0.05) is 16.8 Å². The van der Waals surface area contributed by atoms with Crippen LogP contribution < -0.4 is 15.4 Å². The van der Waals surface area contributed by atoms with Crippen LogP contribution in [0.2, 0.25) is 0 Å². The Bertz CT molecular complexity index is 1590. The second-order valence-corrected chi connectivity index (χ2v) is 9.14. The number of rotatable bonds is 6. The number of ether oxygens (including phenoxy) is 1. The van der Waals surface area contributed by atoms with Crippen LogP contribution in [0.3, 0.4) is 0 Å². The molecule has 2 N–H and O–H groups in total. The zero-order chi connectivity index (χ0) is 25.8. The number of carbonyl (C=O) groups is 1.